The zero-order valence-electron chi connectivity index (χ0n) is 21.9. The molecule has 1 atom stereocenters. The van der Waals surface area contributed by atoms with Gasteiger partial charge in [-0.1, -0.05) is 23.7 Å². The number of carbonyl (C=O) groups is 1. The van der Waals surface area contributed by atoms with E-state index in [4.69, 9.17) is 20.7 Å². The fourth-order valence-corrected chi connectivity index (χ4v) is 6.32. The predicted octanol–water partition coefficient (Wildman–Crippen LogP) is 5.46. The molecule has 11 heteroatoms. The van der Waals surface area contributed by atoms with Crippen LogP contribution in [0.25, 0.3) is 0 Å². The summed E-state index contributed by atoms with van der Waals surface area (Å²) in [5.41, 5.74) is 4.76. The Morgan fingerprint density at radius 1 is 1.21 bits per heavy atom. The van der Waals surface area contributed by atoms with Crippen LogP contribution in [-0.2, 0) is 16.0 Å². The van der Waals surface area contributed by atoms with Crippen molar-refractivity contribution in [2.24, 2.45) is 0 Å². The Balaban J connectivity index is 1.37. The number of aromatic nitrogens is 1. The first kappa shape index (κ1) is 27.1. The first-order chi connectivity index (χ1) is 18.9. The first-order valence-electron chi connectivity index (χ1n) is 13.0. The van der Waals surface area contributed by atoms with Crippen LogP contribution in [0.5, 0.6) is 0 Å². The number of nitrogens with zero attached hydrogens (tertiary/aromatic N) is 4. The zero-order chi connectivity index (χ0) is 27.5. The van der Waals surface area contributed by atoms with Gasteiger partial charge in [-0.2, -0.15) is 4.37 Å². The molecular weight excluding hydrogens is 538 g/mol. The van der Waals surface area contributed by atoms with E-state index in [1.165, 1.54) is 23.3 Å². The Morgan fingerprint density at radius 3 is 2.64 bits per heavy atom. The monoisotopic (exact) mass is 567 g/mol. The lowest BCUT2D eigenvalue weighted by molar-refractivity contribution is -0.384. The molecule has 0 aliphatic carbocycles. The number of esters is 1. The number of anilines is 2. The van der Waals surface area contributed by atoms with Crippen molar-refractivity contribution in [3.63, 3.8) is 0 Å². The summed E-state index contributed by atoms with van der Waals surface area (Å²) >= 11 is 7.40. The minimum absolute atomic E-state index is 0.0169. The third-order valence-electron chi connectivity index (χ3n) is 7.22. The number of hydrogen-bond acceptors (Lipinski definition) is 9. The van der Waals surface area contributed by atoms with Gasteiger partial charge in [0.1, 0.15) is 5.00 Å². The summed E-state index contributed by atoms with van der Waals surface area (Å²) in [5.74, 6) is -0.934. The van der Waals surface area contributed by atoms with Gasteiger partial charge in [-0.15, -0.1) is 0 Å². The Kier molecular flexibility index (Phi) is 8.15. The van der Waals surface area contributed by atoms with E-state index in [9.17, 15) is 14.9 Å². The summed E-state index contributed by atoms with van der Waals surface area (Å²) in [6.07, 6.45) is 0.703. The van der Waals surface area contributed by atoms with Crippen molar-refractivity contribution in [1.82, 2.24) is 9.27 Å². The van der Waals surface area contributed by atoms with Crippen LogP contribution in [-0.4, -0.2) is 59.5 Å². The summed E-state index contributed by atoms with van der Waals surface area (Å²) in [5, 5.41) is 16.5. The Hall–Kier alpha value is -3.47. The number of nitro benzene ring substituents is 1. The van der Waals surface area contributed by atoms with Gasteiger partial charge in [-0.3, -0.25) is 15.0 Å². The summed E-state index contributed by atoms with van der Waals surface area (Å²) < 4.78 is 10.2. The number of allylic oxidation sites excluding steroid dienone is 1. The van der Waals surface area contributed by atoms with Crippen molar-refractivity contribution < 1.29 is 14.5 Å². The molecule has 1 unspecified atom stereocenters. The van der Waals surface area contributed by atoms with Crippen molar-refractivity contribution in [2.75, 3.05) is 49.5 Å². The standard InChI is InChI=1S/C28H30ClN5O4S/c1-3-38-28(35)24-18(2)30-27-26(25(24)19-5-4-6-22(17-19)34(36)37)23(31-39-27)11-12-32-13-15-33(16-14-32)21-9-7-20(29)8-10-21/h4-10,17,25,30H,3,11-16H2,1-2H3. The van der Waals surface area contributed by atoms with E-state index in [1.807, 2.05) is 25.1 Å². The molecule has 3 heterocycles. The van der Waals surface area contributed by atoms with Crippen molar-refractivity contribution >= 4 is 45.5 Å². The van der Waals surface area contributed by atoms with Gasteiger partial charge >= 0.3 is 5.97 Å². The van der Waals surface area contributed by atoms with Gasteiger partial charge in [-0.25, -0.2) is 4.79 Å². The number of non-ortho nitro benzene ring substituents is 1. The Labute approximate surface area is 236 Å². The molecule has 0 bridgehead atoms. The minimum atomic E-state index is -0.504. The maximum absolute atomic E-state index is 13.1. The molecule has 0 spiro atoms. The third kappa shape index (κ3) is 5.78. The van der Waals surface area contributed by atoms with Crippen LogP contribution in [0, 0.1) is 10.1 Å². The van der Waals surface area contributed by atoms with Crippen LogP contribution in [0.4, 0.5) is 16.4 Å². The number of hydrogen-bond donors (Lipinski definition) is 1. The number of ether oxygens (including phenoxy) is 1. The van der Waals surface area contributed by atoms with E-state index in [0.29, 0.717) is 23.3 Å². The van der Waals surface area contributed by atoms with E-state index < -0.39 is 16.8 Å². The topological polar surface area (TPSA) is 101 Å². The second-order valence-corrected chi connectivity index (χ2v) is 10.8. The van der Waals surface area contributed by atoms with Crippen LogP contribution in [0.3, 0.4) is 0 Å². The quantitative estimate of drug-likeness (QED) is 0.217. The van der Waals surface area contributed by atoms with Crippen LogP contribution in [0.2, 0.25) is 5.02 Å². The predicted molar refractivity (Wildman–Crippen MR) is 154 cm³/mol. The lowest BCUT2D eigenvalue weighted by Gasteiger charge is -2.36. The molecule has 9 nitrogen and oxygen atoms in total. The number of benzene rings is 2. The highest BCUT2D eigenvalue weighted by molar-refractivity contribution is 7.10. The number of rotatable bonds is 8. The minimum Gasteiger partial charge on any atom is -0.463 e. The molecule has 2 aromatic carbocycles. The van der Waals surface area contributed by atoms with Gasteiger partial charge in [0.15, 0.2) is 0 Å². The average molecular weight is 568 g/mol. The fraction of sp³-hybridized carbons (Fsp3) is 0.357. The molecular formula is C28H30ClN5O4S. The average Bonchev–Trinajstić information content (AvgIpc) is 3.34. The molecule has 1 N–H and O–H groups in total. The lowest BCUT2D eigenvalue weighted by atomic mass is 9.81. The molecule has 2 aliphatic heterocycles. The van der Waals surface area contributed by atoms with E-state index in [0.717, 1.165) is 54.0 Å². The second-order valence-electron chi connectivity index (χ2n) is 9.60. The lowest BCUT2D eigenvalue weighted by Crippen LogP contribution is -2.47. The third-order valence-corrected chi connectivity index (χ3v) is 8.29. The van der Waals surface area contributed by atoms with Crippen LogP contribution < -0.4 is 10.2 Å². The molecule has 0 saturated carbocycles. The van der Waals surface area contributed by atoms with Gasteiger partial charge in [0.2, 0.25) is 0 Å². The smallest absolute Gasteiger partial charge is 0.336 e. The van der Waals surface area contributed by atoms with Crippen LogP contribution in [0.1, 0.15) is 36.6 Å². The molecule has 0 amide bonds. The van der Waals surface area contributed by atoms with Gasteiger partial charge < -0.3 is 15.0 Å². The van der Waals surface area contributed by atoms with Gasteiger partial charge in [0.25, 0.3) is 5.69 Å². The summed E-state index contributed by atoms with van der Waals surface area (Å²) in [6.45, 7) is 8.35. The van der Waals surface area contributed by atoms with Gasteiger partial charge in [0.05, 0.1) is 22.8 Å². The molecule has 1 saturated heterocycles. The number of fused-ring (bicyclic) bond motifs is 1. The van der Waals surface area contributed by atoms with E-state index in [2.05, 4.69) is 27.2 Å². The van der Waals surface area contributed by atoms with E-state index in [1.54, 1.807) is 19.1 Å². The van der Waals surface area contributed by atoms with Gasteiger partial charge in [-0.05, 0) is 55.2 Å². The summed E-state index contributed by atoms with van der Waals surface area (Å²) in [7, 11) is 0. The van der Waals surface area contributed by atoms with Crippen LogP contribution >= 0.6 is 23.1 Å². The molecule has 2 aliphatic rings. The van der Waals surface area contributed by atoms with Crippen LogP contribution in [0.15, 0.2) is 59.8 Å². The Morgan fingerprint density at radius 2 is 1.95 bits per heavy atom. The molecule has 204 valence electrons. The maximum atomic E-state index is 13.1. The highest BCUT2D eigenvalue weighted by Gasteiger charge is 2.37. The highest BCUT2D eigenvalue weighted by atomic mass is 35.5. The van der Waals surface area contributed by atoms with E-state index >= 15 is 0 Å². The summed E-state index contributed by atoms with van der Waals surface area (Å²) in [4.78, 5) is 29.1. The van der Waals surface area contributed by atoms with Crippen molar-refractivity contribution in [3.05, 3.63) is 91.8 Å². The number of nitro groups is 1. The van der Waals surface area contributed by atoms with Gasteiger partial charge in [0, 0.05) is 79.2 Å². The van der Waals surface area contributed by atoms with E-state index in [-0.39, 0.29) is 12.3 Å². The summed E-state index contributed by atoms with van der Waals surface area (Å²) in [6, 6.07) is 14.4. The Bertz CT molecular complexity index is 1400. The van der Waals surface area contributed by atoms with Crippen molar-refractivity contribution in [1.29, 1.82) is 0 Å². The molecule has 1 aromatic heterocycles. The molecule has 39 heavy (non-hydrogen) atoms. The van der Waals surface area contributed by atoms with Crippen molar-refractivity contribution in [2.45, 2.75) is 26.2 Å². The SMILES string of the molecule is CCOC(=O)C1=C(C)Nc2snc(CCN3CCN(c4ccc(Cl)cc4)CC3)c2C1c1cccc([N+](=O)[O-])c1. The number of halogens is 1. The number of nitrogens with one attached hydrogen (secondary N) is 1. The molecule has 1 fully saturated rings. The largest absolute Gasteiger partial charge is 0.463 e. The zero-order valence-corrected chi connectivity index (χ0v) is 23.4. The number of carbonyl (C=O) groups excluding carboxylic acids is 1. The normalized spacial score (nSPS) is 17.5. The maximum Gasteiger partial charge on any atom is 0.336 e. The first-order valence-corrected chi connectivity index (χ1v) is 14.1. The highest BCUT2D eigenvalue weighted by Crippen LogP contribution is 2.46. The fourth-order valence-electron chi connectivity index (χ4n) is 5.27. The second kappa shape index (κ2) is 11.7. The molecule has 0 radical (unpaired) electrons. The molecule has 5 rings (SSSR count). The number of piperazine rings is 1. The van der Waals surface area contributed by atoms with Crippen molar-refractivity contribution in [3.8, 4) is 0 Å². The molecule has 3 aromatic rings.